The Balaban J connectivity index is 3.03. The Morgan fingerprint density at radius 3 is 2.82 bits per heavy atom. The number of hydrogen-bond acceptors (Lipinski definition) is 2. The van der Waals surface area contributed by atoms with Gasteiger partial charge in [-0.1, -0.05) is 6.08 Å². The molecule has 0 fully saturated rings. The van der Waals surface area contributed by atoms with Crippen molar-refractivity contribution in [2.75, 3.05) is 0 Å². The minimum absolute atomic E-state index is 0.594. The quantitative estimate of drug-likeness (QED) is 0.641. The molecule has 1 rings (SSSR count). The van der Waals surface area contributed by atoms with Crippen LogP contribution in [-0.4, -0.2) is 14.9 Å². The van der Waals surface area contributed by atoms with Crippen molar-refractivity contribution in [1.29, 1.82) is 0 Å². The SMILES string of the molecule is C=CC(O)c1cnn(C)c1C. The van der Waals surface area contributed by atoms with E-state index >= 15 is 0 Å². The second-order valence-electron chi connectivity index (χ2n) is 2.49. The van der Waals surface area contributed by atoms with Crippen LogP contribution in [0.1, 0.15) is 17.4 Å². The predicted molar refractivity (Wildman–Crippen MR) is 43.1 cm³/mol. The lowest BCUT2D eigenvalue weighted by molar-refractivity contribution is 0.228. The van der Waals surface area contributed by atoms with Gasteiger partial charge in [0, 0.05) is 18.3 Å². The monoisotopic (exact) mass is 152 g/mol. The third kappa shape index (κ3) is 1.33. The highest BCUT2D eigenvalue weighted by Gasteiger charge is 2.09. The predicted octanol–water partition coefficient (Wildman–Crippen LogP) is 0.948. The van der Waals surface area contributed by atoms with Crippen molar-refractivity contribution in [3.8, 4) is 0 Å². The van der Waals surface area contributed by atoms with Crippen molar-refractivity contribution in [3.63, 3.8) is 0 Å². The summed E-state index contributed by atoms with van der Waals surface area (Å²) in [5, 5.41) is 13.3. The smallest absolute Gasteiger partial charge is 0.100 e. The van der Waals surface area contributed by atoms with E-state index in [4.69, 9.17) is 0 Å². The van der Waals surface area contributed by atoms with E-state index in [1.54, 1.807) is 10.9 Å². The van der Waals surface area contributed by atoms with Gasteiger partial charge in [0.2, 0.25) is 0 Å². The van der Waals surface area contributed by atoms with Crippen LogP contribution in [0.25, 0.3) is 0 Å². The van der Waals surface area contributed by atoms with E-state index in [0.29, 0.717) is 0 Å². The average molecular weight is 152 g/mol. The van der Waals surface area contributed by atoms with Gasteiger partial charge in [-0.2, -0.15) is 5.10 Å². The first kappa shape index (κ1) is 8.01. The molecule has 0 aliphatic rings. The van der Waals surface area contributed by atoms with Crippen molar-refractivity contribution in [1.82, 2.24) is 9.78 Å². The number of hydrogen-bond donors (Lipinski definition) is 1. The molecule has 0 amide bonds. The fourth-order valence-electron chi connectivity index (χ4n) is 0.933. The molecule has 1 aromatic heterocycles. The minimum Gasteiger partial charge on any atom is -0.384 e. The highest BCUT2D eigenvalue weighted by Crippen LogP contribution is 2.16. The van der Waals surface area contributed by atoms with Gasteiger partial charge in [0.1, 0.15) is 6.10 Å². The summed E-state index contributed by atoms with van der Waals surface area (Å²) >= 11 is 0. The van der Waals surface area contributed by atoms with E-state index in [1.165, 1.54) is 6.08 Å². The molecule has 0 spiro atoms. The van der Waals surface area contributed by atoms with Crippen molar-refractivity contribution >= 4 is 0 Å². The molecule has 0 aromatic carbocycles. The molecule has 0 saturated carbocycles. The Kier molecular flexibility index (Phi) is 2.10. The van der Waals surface area contributed by atoms with Crippen LogP contribution in [0.15, 0.2) is 18.9 Å². The van der Waals surface area contributed by atoms with E-state index in [-0.39, 0.29) is 0 Å². The number of rotatable bonds is 2. The maximum atomic E-state index is 9.35. The van der Waals surface area contributed by atoms with Gasteiger partial charge >= 0.3 is 0 Å². The fraction of sp³-hybridized carbons (Fsp3) is 0.375. The Morgan fingerprint density at radius 2 is 2.45 bits per heavy atom. The molecule has 1 heterocycles. The van der Waals surface area contributed by atoms with Crippen molar-refractivity contribution < 1.29 is 5.11 Å². The Labute approximate surface area is 66.0 Å². The number of nitrogens with zero attached hydrogens (tertiary/aromatic N) is 2. The Hall–Kier alpha value is -1.09. The molecule has 11 heavy (non-hydrogen) atoms. The maximum absolute atomic E-state index is 9.35. The zero-order chi connectivity index (χ0) is 8.43. The molecule has 60 valence electrons. The molecule has 3 nitrogen and oxygen atoms in total. The number of aryl methyl sites for hydroxylation is 1. The molecule has 0 aliphatic carbocycles. The molecule has 0 radical (unpaired) electrons. The first-order chi connectivity index (χ1) is 5.16. The van der Waals surface area contributed by atoms with Gasteiger partial charge in [0.15, 0.2) is 0 Å². The lowest BCUT2D eigenvalue weighted by Gasteiger charge is -2.02. The second-order valence-corrected chi connectivity index (χ2v) is 2.49. The van der Waals surface area contributed by atoms with E-state index in [1.807, 2.05) is 14.0 Å². The van der Waals surface area contributed by atoms with Crippen LogP contribution in [0.3, 0.4) is 0 Å². The molecule has 0 aliphatic heterocycles. The van der Waals surface area contributed by atoms with Crippen LogP contribution in [-0.2, 0) is 7.05 Å². The van der Waals surface area contributed by atoms with E-state index < -0.39 is 6.10 Å². The van der Waals surface area contributed by atoms with Crippen LogP contribution in [0.4, 0.5) is 0 Å². The zero-order valence-corrected chi connectivity index (χ0v) is 6.78. The van der Waals surface area contributed by atoms with Gasteiger partial charge in [-0.05, 0) is 6.92 Å². The average Bonchev–Trinajstić information content (AvgIpc) is 2.32. The lowest BCUT2D eigenvalue weighted by Crippen LogP contribution is -1.97. The summed E-state index contributed by atoms with van der Waals surface area (Å²) < 4.78 is 1.72. The largest absolute Gasteiger partial charge is 0.384 e. The summed E-state index contributed by atoms with van der Waals surface area (Å²) in [7, 11) is 1.84. The zero-order valence-electron chi connectivity index (χ0n) is 6.78. The normalized spacial score (nSPS) is 13.0. The highest BCUT2D eigenvalue weighted by atomic mass is 16.3. The summed E-state index contributed by atoms with van der Waals surface area (Å²) in [6, 6.07) is 0. The van der Waals surface area contributed by atoms with Crippen LogP contribution >= 0.6 is 0 Å². The number of aliphatic hydroxyl groups is 1. The summed E-state index contributed by atoms with van der Waals surface area (Å²) in [6.45, 7) is 5.41. The standard InChI is InChI=1S/C8H12N2O/c1-4-8(11)7-5-9-10(3)6(7)2/h4-5,8,11H,1H2,2-3H3. The van der Waals surface area contributed by atoms with E-state index in [0.717, 1.165) is 11.3 Å². The Morgan fingerprint density at radius 1 is 1.82 bits per heavy atom. The van der Waals surface area contributed by atoms with Gasteiger partial charge < -0.3 is 5.11 Å². The fourth-order valence-corrected chi connectivity index (χ4v) is 0.933. The van der Waals surface area contributed by atoms with Gasteiger partial charge in [-0.3, -0.25) is 4.68 Å². The molecule has 1 unspecified atom stereocenters. The second kappa shape index (κ2) is 2.88. The number of aromatic nitrogens is 2. The summed E-state index contributed by atoms with van der Waals surface area (Å²) in [6.07, 6.45) is 2.55. The van der Waals surface area contributed by atoms with Crippen molar-refractivity contribution in [2.45, 2.75) is 13.0 Å². The molecule has 3 heteroatoms. The van der Waals surface area contributed by atoms with Gasteiger partial charge in [0.05, 0.1) is 6.20 Å². The molecule has 1 aromatic rings. The van der Waals surface area contributed by atoms with Crippen LogP contribution in [0, 0.1) is 6.92 Å². The lowest BCUT2D eigenvalue weighted by atomic mass is 10.1. The van der Waals surface area contributed by atoms with Crippen LogP contribution in [0.2, 0.25) is 0 Å². The van der Waals surface area contributed by atoms with Gasteiger partial charge in [-0.25, -0.2) is 0 Å². The van der Waals surface area contributed by atoms with Crippen molar-refractivity contribution in [3.05, 3.63) is 30.1 Å². The van der Waals surface area contributed by atoms with Gasteiger partial charge in [0.25, 0.3) is 0 Å². The molecule has 0 saturated heterocycles. The van der Waals surface area contributed by atoms with Gasteiger partial charge in [-0.15, -0.1) is 6.58 Å². The Bertz CT molecular complexity index is 265. The highest BCUT2D eigenvalue weighted by molar-refractivity contribution is 5.21. The topological polar surface area (TPSA) is 38.1 Å². The molecular weight excluding hydrogens is 140 g/mol. The molecular formula is C8H12N2O. The van der Waals surface area contributed by atoms with Crippen molar-refractivity contribution in [2.24, 2.45) is 7.05 Å². The van der Waals surface area contributed by atoms with Crippen LogP contribution < -0.4 is 0 Å². The number of aliphatic hydroxyl groups excluding tert-OH is 1. The summed E-state index contributed by atoms with van der Waals surface area (Å²) in [5.74, 6) is 0. The molecule has 1 atom stereocenters. The molecule has 1 N–H and O–H groups in total. The first-order valence-electron chi connectivity index (χ1n) is 3.46. The molecule has 0 bridgehead atoms. The van der Waals surface area contributed by atoms with E-state index in [2.05, 4.69) is 11.7 Å². The van der Waals surface area contributed by atoms with E-state index in [9.17, 15) is 5.11 Å². The summed E-state index contributed by atoms with van der Waals surface area (Å²) in [5.41, 5.74) is 1.79. The maximum Gasteiger partial charge on any atom is 0.100 e. The third-order valence-electron chi connectivity index (χ3n) is 1.82. The van der Waals surface area contributed by atoms with Crippen LogP contribution in [0.5, 0.6) is 0 Å². The minimum atomic E-state index is -0.594. The first-order valence-corrected chi connectivity index (χ1v) is 3.46. The third-order valence-corrected chi connectivity index (χ3v) is 1.82. The summed E-state index contributed by atoms with van der Waals surface area (Å²) in [4.78, 5) is 0.